The number of likely N-dealkylation sites (N-methyl/N-ethyl adjacent to an activating group) is 1. The van der Waals surface area contributed by atoms with Crippen molar-refractivity contribution in [1.29, 1.82) is 0 Å². The van der Waals surface area contributed by atoms with Crippen molar-refractivity contribution < 1.29 is 29.1 Å². The number of nitrogens with zero attached hydrogens (tertiary/aromatic N) is 1. The molecule has 0 aliphatic carbocycles. The van der Waals surface area contributed by atoms with Crippen LogP contribution in [0.4, 0.5) is 5.69 Å². The van der Waals surface area contributed by atoms with Gasteiger partial charge >= 0.3 is 5.97 Å². The second kappa shape index (κ2) is 8.34. The molecule has 0 aromatic heterocycles. The lowest BCUT2D eigenvalue weighted by atomic mass is 10.0. The van der Waals surface area contributed by atoms with E-state index in [4.69, 9.17) is 5.11 Å². The number of rotatable bonds is 7. The van der Waals surface area contributed by atoms with Gasteiger partial charge in [-0.3, -0.25) is 19.2 Å². The first-order valence-electron chi connectivity index (χ1n) is 7.94. The molecule has 26 heavy (non-hydrogen) atoms. The van der Waals surface area contributed by atoms with Crippen LogP contribution < -0.4 is 15.5 Å². The van der Waals surface area contributed by atoms with Gasteiger partial charge in [0.1, 0.15) is 12.8 Å². The fraction of sp³-hybridized carbons (Fsp3) is 0.353. The number of benzene rings is 1. The Labute approximate surface area is 149 Å². The lowest BCUT2D eigenvalue weighted by Crippen LogP contribution is -2.50. The Kier molecular flexibility index (Phi) is 6.18. The molecule has 1 aliphatic heterocycles. The van der Waals surface area contributed by atoms with Crippen LogP contribution >= 0.6 is 0 Å². The van der Waals surface area contributed by atoms with Crippen LogP contribution in [0.1, 0.15) is 23.2 Å². The second-order valence-corrected chi connectivity index (χ2v) is 5.82. The lowest BCUT2D eigenvalue weighted by molar-refractivity contribution is -0.138. The summed E-state index contributed by atoms with van der Waals surface area (Å²) in [5, 5.41) is 13.8. The van der Waals surface area contributed by atoms with Gasteiger partial charge in [-0.1, -0.05) is 12.1 Å². The van der Waals surface area contributed by atoms with Crippen molar-refractivity contribution in [2.24, 2.45) is 0 Å². The minimum atomic E-state index is -1.24. The Morgan fingerprint density at radius 2 is 2.04 bits per heavy atom. The van der Waals surface area contributed by atoms with Gasteiger partial charge in [0.2, 0.25) is 11.8 Å². The van der Waals surface area contributed by atoms with Gasteiger partial charge in [-0.05, 0) is 19.2 Å². The van der Waals surface area contributed by atoms with E-state index in [1.165, 1.54) is 4.90 Å². The van der Waals surface area contributed by atoms with E-state index in [-0.39, 0.29) is 12.2 Å². The molecule has 0 spiro atoms. The van der Waals surface area contributed by atoms with Crippen LogP contribution in [0.15, 0.2) is 24.3 Å². The van der Waals surface area contributed by atoms with E-state index in [0.29, 0.717) is 17.5 Å². The number of nitrogens with one attached hydrogen (secondary N) is 2. The van der Waals surface area contributed by atoms with E-state index < -0.39 is 42.8 Å². The third-order valence-electron chi connectivity index (χ3n) is 4.00. The van der Waals surface area contributed by atoms with Crippen LogP contribution in [-0.2, 0) is 19.2 Å². The molecule has 2 amide bonds. The lowest BCUT2D eigenvalue weighted by Gasteiger charge is -2.25. The second-order valence-electron chi connectivity index (χ2n) is 5.82. The molecule has 2 atom stereocenters. The molecule has 9 heteroatoms. The molecule has 3 N–H and O–H groups in total. The number of para-hydroxylation sites is 1. The molecule has 0 radical (unpaired) electrons. The van der Waals surface area contributed by atoms with Crippen LogP contribution in [0, 0.1) is 0 Å². The number of hydrogen-bond acceptors (Lipinski definition) is 6. The number of aliphatic carboxylic acids is 1. The first kappa shape index (κ1) is 19.3. The van der Waals surface area contributed by atoms with Gasteiger partial charge in [0.05, 0.1) is 24.2 Å². The molecular weight excluding hydrogens is 342 g/mol. The molecule has 1 aliphatic rings. The molecule has 1 aromatic rings. The third kappa shape index (κ3) is 4.31. The summed E-state index contributed by atoms with van der Waals surface area (Å²) in [6, 6.07) is 4.46. The number of aldehydes is 1. The molecule has 2 rings (SSSR count). The number of amides is 2. The quantitative estimate of drug-likeness (QED) is 0.550. The van der Waals surface area contributed by atoms with Crippen LogP contribution in [-0.4, -0.2) is 60.6 Å². The van der Waals surface area contributed by atoms with Crippen molar-refractivity contribution in [3.63, 3.8) is 0 Å². The van der Waals surface area contributed by atoms with Crippen LogP contribution in [0.25, 0.3) is 0 Å². The molecule has 1 aromatic carbocycles. The number of Topliss-reactive ketones (excluding diaryl/α,β-unsaturated/α-hetero) is 1. The molecule has 0 bridgehead atoms. The van der Waals surface area contributed by atoms with Gasteiger partial charge in [-0.25, -0.2) is 0 Å². The average Bonchev–Trinajstić information content (AvgIpc) is 2.71. The molecule has 0 saturated heterocycles. The van der Waals surface area contributed by atoms with E-state index in [1.807, 2.05) is 0 Å². The highest BCUT2D eigenvalue weighted by Crippen LogP contribution is 2.26. The summed E-state index contributed by atoms with van der Waals surface area (Å²) in [6.07, 6.45) is -0.276. The monoisotopic (exact) mass is 361 g/mol. The van der Waals surface area contributed by atoms with E-state index in [1.54, 1.807) is 31.3 Å². The van der Waals surface area contributed by atoms with Crippen molar-refractivity contribution in [3.8, 4) is 0 Å². The molecule has 1 heterocycles. The normalized spacial score (nSPS) is 17.9. The summed E-state index contributed by atoms with van der Waals surface area (Å²) >= 11 is 0. The summed E-state index contributed by atoms with van der Waals surface area (Å²) in [5.41, 5.74) is 0.625. The van der Waals surface area contributed by atoms with Gasteiger partial charge in [-0.2, -0.15) is 0 Å². The third-order valence-corrected chi connectivity index (χ3v) is 4.00. The maximum absolute atomic E-state index is 12.7. The van der Waals surface area contributed by atoms with Crippen LogP contribution in [0.3, 0.4) is 0 Å². The number of carboxylic acids is 1. The number of hydrogen-bond donors (Lipinski definition) is 3. The summed E-state index contributed by atoms with van der Waals surface area (Å²) < 4.78 is 0. The summed E-state index contributed by atoms with van der Waals surface area (Å²) in [4.78, 5) is 60.1. The SMILES string of the molecule is CN[C@H]1CC(=O)c2ccccc2N(CC(=O)N[C@H](C=O)CC(=O)O)C1=O. The van der Waals surface area contributed by atoms with Crippen LogP contribution in [0.5, 0.6) is 0 Å². The van der Waals surface area contributed by atoms with Gasteiger partial charge in [0, 0.05) is 12.0 Å². The van der Waals surface area contributed by atoms with Gasteiger partial charge in [-0.15, -0.1) is 0 Å². The van der Waals surface area contributed by atoms with Crippen molar-refractivity contribution in [1.82, 2.24) is 10.6 Å². The molecular formula is C17H19N3O6. The number of fused-ring (bicyclic) bond motifs is 1. The number of carboxylic acid groups (broad SMARTS) is 1. The standard InChI is InChI=1S/C17H19N3O6/c1-18-12-7-14(22)11-4-2-3-5-13(11)20(17(12)26)8-15(23)19-10(9-21)6-16(24)25/h2-5,9-10,12,18H,6-8H2,1H3,(H,19,23)(H,24,25)/t10-,12-/m0/s1. The molecule has 9 nitrogen and oxygen atoms in total. The van der Waals surface area contributed by atoms with Crippen molar-refractivity contribution >= 4 is 35.5 Å². The minimum absolute atomic E-state index is 0.0412. The topological polar surface area (TPSA) is 133 Å². The van der Waals surface area contributed by atoms with Gasteiger partial charge < -0.3 is 25.4 Å². The Bertz CT molecular complexity index is 748. The zero-order valence-electron chi connectivity index (χ0n) is 14.1. The highest BCUT2D eigenvalue weighted by Gasteiger charge is 2.34. The average molecular weight is 361 g/mol. The van der Waals surface area contributed by atoms with Gasteiger partial charge in [0.15, 0.2) is 5.78 Å². The maximum Gasteiger partial charge on any atom is 0.305 e. The van der Waals surface area contributed by atoms with Crippen molar-refractivity contribution in [3.05, 3.63) is 29.8 Å². The maximum atomic E-state index is 12.7. The number of ketones is 1. The number of carbonyl (C=O) groups excluding carboxylic acids is 4. The molecule has 0 saturated carbocycles. The number of anilines is 1. The van der Waals surface area contributed by atoms with Crippen molar-refractivity contribution in [2.75, 3.05) is 18.5 Å². The van der Waals surface area contributed by atoms with E-state index in [9.17, 15) is 24.0 Å². The van der Waals surface area contributed by atoms with E-state index >= 15 is 0 Å². The Balaban J connectivity index is 2.26. The van der Waals surface area contributed by atoms with E-state index in [2.05, 4.69) is 10.6 Å². The summed E-state index contributed by atoms with van der Waals surface area (Å²) in [7, 11) is 1.54. The smallest absolute Gasteiger partial charge is 0.305 e. The highest BCUT2D eigenvalue weighted by molar-refractivity contribution is 6.13. The predicted molar refractivity (Wildman–Crippen MR) is 90.8 cm³/mol. The summed E-state index contributed by atoms with van der Waals surface area (Å²) in [5.74, 6) is -2.62. The van der Waals surface area contributed by atoms with Gasteiger partial charge in [0.25, 0.3) is 0 Å². The van der Waals surface area contributed by atoms with Crippen molar-refractivity contribution in [2.45, 2.75) is 24.9 Å². The van der Waals surface area contributed by atoms with E-state index in [0.717, 1.165) is 0 Å². The Morgan fingerprint density at radius 3 is 2.65 bits per heavy atom. The minimum Gasteiger partial charge on any atom is -0.481 e. The molecule has 0 unspecified atom stereocenters. The summed E-state index contributed by atoms with van der Waals surface area (Å²) in [6.45, 7) is -0.439. The fourth-order valence-corrected chi connectivity index (χ4v) is 2.74. The zero-order valence-corrected chi connectivity index (χ0v) is 14.1. The Morgan fingerprint density at radius 1 is 1.35 bits per heavy atom. The molecule has 0 fully saturated rings. The largest absolute Gasteiger partial charge is 0.481 e. The van der Waals surface area contributed by atoms with Crippen LogP contribution in [0.2, 0.25) is 0 Å². The predicted octanol–water partition coefficient (Wildman–Crippen LogP) is -0.648. The molecule has 138 valence electrons. The Hall–Kier alpha value is -3.07. The first-order valence-corrected chi connectivity index (χ1v) is 7.94. The highest BCUT2D eigenvalue weighted by atomic mass is 16.4. The first-order chi connectivity index (χ1) is 12.4. The zero-order chi connectivity index (χ0) is 19.3. The number of carbonyl (C=O) groups is 5. The fourth-order valence-electron chi connectivity index (χ4n) is 2.74.